The Morgan fingerprint density at radius 2 is 1.87 bits per heavy atom. The molecule has 1 aromatic carbocycles. The van der Waals surface area contributed by atoms with Gasteiger partial charge in [0, 0.05) is 26.7 Å². The van der Waals surface area contributed by atoms with E-state index in [1.165, 1.54) is 24.0 Å². The average molecular weight is 431 g/mol. The van der Waals surface area contributed by atoms with Gasteiger partial charge in [-0.25, -0.2) is 0 Å². The zero-order chi connectivity index (χ0) is 15.5. The number of hydrogen-bond donors (Lipinski definition) is 1. The molecule has 0 radical (unpaired) electrons. The lowest BCUT2D eigenvalue weighted by molar-refractivity contribution is 0.346. The van der Waals surface area contributed by atoms with Crippen molar-refractivity contribution in [2.75, 3.05) is 34.4 Å². The van der Waals surface area contributed by atoms with Gasteiger partial charge in [0.25, 0.3) is 0 Å². The molecule has 0 spiro atoms. The van der Waals surface area contributed by atoms with Crippen LogP contribution >= 0.6 is 24.0 Å². The first-order valence-corrected chi connectivity index (χ1v) is 7.94. The maximum atomic E-state index is 5.42. The quantitative estimate of drug-likeness (QED) is 0.453. The van der Waals surface area contributed by atoms with E-state index in [0.717, 1.165) is 49.4 Å². The molecule has 6 heteroatoms. The van der Waals surface area contributed by atoms with Gasteiger partial charge in [0.15, 0.2) is 17.5 Å². The molecule has 1 N–H and O–H groups in total. The van der Waals surface area contributed by atoms with Crippen molar-refractivity contribution < 1.29 is 9.47 Å². The minimum absolute atomic E-state index is 0. The molecule has 1 saturated carbocycles. The molecule has 0 saturated heterocycles. The SMILES string of the molecule is CN=C(NCC1CC1)N1CCc2cc(OC)c(OC)cc2C1.I. The molecule has 1 aliphatic carbocycles. The number of benzene rings is 1. The van der Waals surface area contributed by atoms with Crippen LogP contribution in [0.15, 0.2) is 17.1 Å². The van der Waals surface area contributed by atoms with E-state index in [4.69, 9.17) is 9.47 Å². The van der Waals surface area contributed by atoms with Gasteiger partial charge in [0.1, 0.15) is 0 Å². The van der Waals surface area contributed by atoms with Crippen molar-refractivity contribution in [3.63, 3.8) is 0 Å². The second-order valence-corrected chi connectivity index (χ2v) is 6.02. The molecule has 2 aliphatic rings. The maximum absolute atomic E-state index is 5.42. The summed E-state index contributed by atoms with van der Waals surface area (Å²) >= 11 is 0. The second-order valence-electron chi connectivity index (χ2n) is 6.02. The molecule has 23 heavy (non-hydrogen) atoms. The number of nitrogens with zero attached hydrogens (tertiary/aromatic N) is 2. The third kappa shape index (κ3) is 4.22. The Hall–Kier alpha value is -1.18. The minimum atomic E-state index is 0. The van der Waals surface area contributed by atoms with Crippen molar-refractivity contribution in [1.29, 1.82) is 0 Å². The number of halogens is 1. The van der Waals surface area contributed by atoms with Crippen molar-refractivity contribution in [2.45, 2.75) is 25.8 Å². The Morgan fingerprint density at radius 1 is 1.22 bits per heavy atom. The van der Waals surface area contributed by atoms with Crippen molar-refractivity contribution >= 4 is 29.9 Å². The maximum Gasteiger partial charge on any atom is 0.193 e. The molecule has 128 valence electrons. The Bertz CT molecular complexity index is 573. The molecule has 0 unspecified atom stereocenters. The number of nitrogens with one attached hydrogen (secondary N) is 1. The molecule has 0 atom stereocenters. The fourth-order valence-electron chi connectivity index (χ4n) is 2.95. The number of guanidine groups is 1. The van der Waals surface area contributed by atoms with Crippen LogP contribution in [0, 0.1) is 5.92 Å². The molecule has 1 heterocycles. The van der Waals surface area contributed by atoms with E-state index in [9.17, 15) is 0 Å². The van der Waals surface area contributed by atoms with Gasteiger partial charge in [-0.3, -0.25) is 4.99 Å². The molecule has 0 aromatic heterocycles. The van der Waals surface area contributed by atoms with Crippen LogP contribution in [0.4, 0.5) is 0 Å². The van der Waals surface area contributed by atoms with Crippen LogP contribution in [0.1, 0.15) is 24.0 Å². The smallest absolute Gasteiger partial charge is 0.193 e. The van der Waals surface area contributed by atoms with Crippen LogP contribution in [0.5, 0.6) is 11.5 Å². The number of ether oxygens (including phenoxy) is 2. The molecule has 1 aliphatic heterocycles. The molecule has 0 amide bonds. The van der Waals surface area contributed by atoms with Gasteiger partial charge in [-0.15, -0.1) is 24.0 Å². The minimum Gasteiger partial charge on any atom is -0.493 e. The van der Waals surface area contributed by atoms with Crippen LogP contribution in [0.25, 0.3) is 0 Å². The zero-order valence-corrected chi connectivity index (χ0v) is 16.4. The lowest BCUT2D eigenvalue weighted by Crippen LogP contribution is -2.44. The van der Waals surface area contributed by atoms with E-state index >= 15 is 0 Å². The number of aliphatic imine (C=N–C) groups is 1. The van der Waals surface area contributed by atoms with E-state index in [0.29, 0.717) is 0 Å². The fraction of sp³-hybridized carbons (Fsp3) is 0.588. The summed E-state index contributed by atoms with van der Waals surface area (Å²) in [7, 11) is 5.23. The summed E-state index contributed by atoms with van der Waals surface area (Å²) in [6.45, 7) is 2.88. The summed E-state index contributed by atoms with van der Waals surface area (Å²) in [5.41, 5.74) is 2.63. The standard InChI is InChI=1S/C17H25N3O2.HI/c1-18-17(19-10-12-4-5-12)20-7-6-13-8-15(21-2)16(22-3)9-14(13)11-20;/h8-9,12H,4-7,10-11H2,1-3H3,(H,18,19);1H. The molecule has 5 nitrogen and oxygen atoms in total. The number of rotatable bonds is 4. The zero-order valence-electron chi connectivity index (χ0n) is 14.1. The third-order valence-corrected chi connectivity index (χ3v) is 4.48. The molecular weight excluding hydrogens is 405 g/mol. The van der Waals surface area contributed by atoms with E-state index in [1.807, 2.05) is 7.05 Å². The highest BCUT2D eigenvalue weighted by atomic mass is 127. The van der Waals surface area contributed by atoms with Crippen LogP contribution in [0.3, 0.4) is 0 Å². The third-order valence-electron chi connectivity index (χ3n) is 4.48. The summed E-state index contributed by atoms with van der Waals surface area (Å²) in [6, 6.07) is 4.19. The molecule has 1 aromatic rings. The van der Waals surface area contributed by atoms with E-state index in [1.54, 1.807) is 14.2 Å². The Balaban J connectivity index is 0.00000192. The van der Waals surface area contributed by atoms with Crippen LogP contribution in [-0.4, -0.2) is 45.2 Å². The van der Waals surface area contributed by atoms with Gasteiger partial charge < -0.3 is 19.7 Å². The molecule has 0 bridgehead atoms. The van der Waals surface area contributed by atoms with Crippen LogP contribution in [-0.2, 0) is 13.0 Å². The summed E-state index contributed by atoms with van der Waals surface area (Å²) in [6.07, 6.45) is 3.70. The summed E-state index contributed by atoms with van der Waals surface area (Å²) in [5, 5.41) is 3.50. The van der Waals surface area contributed by atoms with Gasteiger partial charge >= 0.3 is 0 Å². The summed E-state index contributed by atoms with van der Waals surface area (Å²) < 4.78 is 10.8. The van der Waals surface area contributed by atoms with Crippen molar-refractivity contribution in [3.05, 3.63) is 23.3 Å². The highest BCUT2D eigenvalue weighted by Crippen LogP contribution is 2.33. The number of fused-ring (bicyclic) bond motifs is 1. The van der Waals surface area contributed by atoms with Gasteiger partial charge in [-0.1, -0.05) is 0 Å². The molecule has 3 rings (SSSR count). The largest absolute Gasteiger partial charge is 0.493 e. The van der Waals surface area contributed by atoms with Gasteiger partial charge in [-0.2, -0.15) is 0 Å². The van der Waals surface area contributed by atoms with E-state index < -0.39 is 0 Å². The Kier molecular flexibility index (Phi) is 6.38. The van der Waals surface area contributed by atoms with Crippen LogP contribution < -0.4 is 14.8 Å². The van der Waals surface area contributed by atoms with Crippen molar-refractivity contribution in [2.24, 2.45) is 10.9 Å². The first-order valence-electron chi connectivity index (χ1n) is 7.94. The van der Waals surface area contributed by atoms with Crippen molar-refractivity contribution in [3.8, 4) is 11.5 Å². The molecule has 1 fully saturated rings. The summed E-state index contributed by atoms with van der Waals surface area (Å²) in [4.78, 5) is 6.75. The highest BCUT2D eigenvalue weighted by Gasteiger charge is 2.24. The van der Waals surface area contributed by atoms with Crippen molar-refractivity contribution in [1.82, 2.24) is 10.2 Å². The topological polar surface area (TPSA) is 46.1 Å². The van der Waals surface area contributed by atoms with E-state index in [2.05, 4.69) is 27.3 Å². The Morgan fingerprint density at radius 3 is 2.43 bits per heavy atom. The van der Waals surface area contributed by atoms with Gasteiger partial charge in [-0.05, 0) is 48.4 Å². The lowest BCUT2D eigenvalue weighted by atomic mass is 9.99. The fourth-order valence-corrected chi connectivity index (χ4v) is 2.95. The van der Waals surface area contributed by atoms with Gasteiger partial charge in [0.05, 0.1) is 14.2 Å². The first-order chi connectivity index (χ1) is 10.7. The number of methoxy groups -OCH3 is 2. The second kappa shape index (κ2) is 8.08. The predicted molar refractivity (Wildman–Crippen MR) is 103 cm³/mol. The van der Waals surface area contributed by atoms with E-state index in [-0.39, 0.29) is 24.0 Å². The Labute approximate surface area is 155 Å². The molecular formula is C17H26IN3O2. The first kappa shape index (κ1) is 18.2. The number of hydrogen-bond acceptors (Lipinski definition) is 3. The lowest BCUT2D eigenvalue weighted by Gasteiger charge is -2.32. The summed E-state index contributed by atoms with van der Waals surface area (Å²) in [5.74, 6) is 3.46. The van der Waals surface area contributed by atoms with Gasteiger partial charge in [0.2, 0.25) is 0 Å². The van der Waals surface area contributed by atoms with Crippen LogP contribution in [0.2, 0.25) is 0 Å². The monoisotopic (exact) mass is 431 g/mol. The normalized spacial score (nSPS) is 17.2. The average Bonchev–Trinajstić information content (AvgIpc) is 3.38. The predicted octanol–water partition coefficient (Wildman–Crippen LogP) is 2.67. The highest BCUT2D eigenvalue weighted by molar-refractivity contribution is 14.0.